The maximum Gasteiger partial charge on any atom is 0.317 e. The Hall–Kier alpha value is -2.41. The summed E-state index contributed by atoms with van der Waals surface area (Å²) in [5.74, 6) is -0.0331. The highest BCUT2D eigenvalue weighted by atomic mass is 19.1. The summed E-state index contributed by atoms with van der Waals surface area (Å²) in [5.41, 5.74) is 1.90. The Balaban J connectivity index is 1.35. The molecular weight excluding hydrogens is 335 g/mol. The lowest BCUT2D eigenvalue weighted by Gasteiger charge is -2.41. The highest BCUT2D eigenvalue weighted by molar-refractivity contribution is 5.75. The van der Waals surface area contributed by atoms with Gasteiger partial charge >= 0.3 is 6.03 Å². The molecule has 2 aromatic rings. The van der Waals surface area contributed by atoms with Crippen molar-refractivity contribution in [1.82, 2.24) is 20.0 Å². The first-order valence-electron chi connectivity index (χ1n) is 9.02. The number of likely N-dealkylation sites (tertiary alicyclic amines) is 1. The number of carbonyl (C=O) groups excluding carboxylic acids is 1. The predicted octanol–water partition coefficient (Wildman–Crippen LogP) is 2.79. The first-order valence-corrected chi connectivity index (χ1v) is 9.02. The van der Waals surface area contributed by atoms with Gasteiger partial charge in [0.2, 0.25) is 0 Å². The molecule has 1 unspecified atom stereocenters. The van der Waals surface area contributed by atoms with Crippen molar-refractivity contribution in [3.63, 3.8) is 0 Å². The van der Waals surface area contributed by atoms with Gasteiger partial charge in [-0.15, -0.1) is 0 Å². The molecule has 0 spiro atoms. The smallest absolute Gasteiger partial charge is 0.317 e. The lowest BCUT2D eigenvalue weighted by molar-refractivity contribution is 0.0873. The van der Waals surface area contributed by atoms with Gasteiger partial charge in [0, 0.05) is 44.4 Å². The summed E-state index contributed by atoms with van der Waals surface area (Å²) in [4.78, 5) is 14.3. The number of hydrogen-bond donors (Lipinski definition) is 1. The third-order valence-corrected chi connectivity index (χ3v) is 5.30. The summed E-state index contributed by atoms with van der Waals surface area (Å²) in [6, 6.07) is 6.35. The number of aromatic nitrogens is 2. The third kappa shape index (κ3) is 3.31. The van der Waals surface area contributed by atoms with Crippen LogP contribution in [0.3, 0.4) is 0 Å². The van der Waals surface area contributed by atoms with Gasteiger partial charge in [-0.3, -0.25) is 4.68 Å². The maximum atomic E-state index is 13.4. The molecule has 1 aromatic carbocycles. The first-order chi connectivity index (χ1) is 12.6. The van der Waals surface area contributed by atoms with Crippen LogP contribution in [0.4, 0.5) is 9.18 Å². The summed E-state index contributed by atoms with van der Waals surface area (Å²) in [6.07, 6.45) is 5.52. The molecule has 2 aliphatic rings. The monoisotopic (exact) mass is 358 g/mol. The minimum Gasteiger partial charge on any atom is -0.373 e. The van der Waals surface area contributed by atoms with Crippen LogP contribution in [0.1, 0.15) is 36.1 Å². The van der Waals surface area contributed by atoms with Crippen molar-refractivity contribution in [3.05, 3.63) is 53.6 Å². The van der Waals surface area contributed by atoms with Crippen molar-refractivity contribution >= 4 is 6.03 Å². The van der Waals surface area contributed by atoms with E-state index < -0.39 is 0 Å². The summed E-state index contributed by atoms with van der Waals surface area (Å²) in [6.45, 7) is 1.95. The molecule has 0 radical (unpaired) electrons. The average Bonchev–Trinajstić information content (AvgIpc) is 3.20. The number of halogens is 1. The van der Waals surface area contributed by atoms with Gasteiger partial charge in [0.05, 0.1) is 18.3 Å². The molecule has 2 fully saturated rings. The number of carbonyl (C=O) groups is 1. The number of rotatable bonds is 4. The van der Waals surface area contributed by atoms with E-state index in [9.17, 15) is 9.18 Å². The fourth-order valence-corrected chi connectivity index (χ4v) is 3.81. The molecule has 0 saturated carbocycles. The number of nitrogens with one attached hydrogen (secondary N) is 1. The minimum absolute atomic E-state index is 0.0283. The second kappa shape index (κ2) is 7.07. The summed E-state index contributed by atoms with van der Waals surface area (Å²) >= 11 is 0. The van der Waals surface area contributed by atoms with Gasteiger partial charge in [-0.2, -0.15) is 5.10 Å². The maximum absolute atomic E-state index is 13.4. The molecule has 0 bridgehead atoms. The van der Waals surface area contributed by atoms with Crippen molar-refractivity contribution < 1.29 is 13.9 Å². The van der Waals surface area contributed by atoms with Gasteiger partial charge in [0.25, 0.3) is 0 Å². The Morgan fingerprint density at radius 3 is 2.96 bits per heavy atom. The zero-order valence-corrected chi connectivity index (χ0v) is 14.8. The van der Waals surface area contributed by atoms with E-state index in [2.05, 4.69) is 10.4 Å². The zero-order chi connectivity index (χ0) is 18.1. The van der Waals surface area contributed by atoms with Crippen molar-refractivity contribution in [2.75, 3.05) is 19.7 Å². The van der Waals surface area contributed by atoms with Crippen LogP contribution in [0, 0.1) is 11.7 Å². The molecular formula is C19H23FN4O2. The molecule has 6 nitrogen and oxygen atoms in total. The van der Waals surface area contributed by atoms with Gasteiger partial charge in [0.15, 0.2) is 0 Å². The number of aryl methyl sites for hydroxylation is 1. The van der Waals surface area contributed by atoms with Crippen LogP contribution in [0.25, 0.3) is 0 Å². The Labute approximate surface area is 151 Å². The fourth-order valence-electron chi connectivity index (χ4n) is 3.81. The molecule has 3 atom stereocenters. The topological polar surface area (TPSA) is 59.4 Å². The van der Waals surface area contributed by atoms with E-state index in [4.69, 9.17) is 4.74 Å². The van der Waals surface area contributed by atoms with Crippen LogP contribution in [0.5, 0.6) is 0 Å². The van der Waals surface area contributed by atoms with Crippen LogP contribution < -0.4 is 5.32 Å². The molecule has 2 saturated heterocycles. The number of urea groups is 1. The normalized spacial score (nSPS) is 25.2. The van der Waals surface area contributed by atoms with E-state index in [1.807, 2.05) is 25.5 Å². The van der Waals surface area contributed by atoms with Crippen molar-refractivity contribution in [2.45, 2.75) is 25.0 Å². The molecule has 1 aromatic heterocycles. The largest absolute Gasteiger partial charge is 0.373 e. The third-order valence-electron chi connectivity index (χ3n) is 5.30. The van der Waals surface area contributed by atoms with Crippen molar-refractivity contribution in [1.29, 1.82) is 0 Å². The number of ether oxygens (including phenoxy) is 1. The lowest BCUT2D eigenvalue weighted by Crippen LogP contribution is -2.50. The average molecular weight is 358 g/mol. The highest BCUT2D eigenvalue weighted by Crippen LogP contribution is 2.35. The van der Waals surface area contributed by atoms with Crippen LogP contribution >= 0.6 is 0 Å². The molecule has 0 aliphatic carbocycles. The highest BCUT2D eigenvalue weighted by Gasteiger charge is 2.35. The van der Waals surface area contributed by atoms with E-state index >= 15 is 0 Å². The SMILES string of the molecule is Cn1cc([C@@H]2OCC[C@H]2CNC(=O)N2CCC2c2cccc(F)c2)cn1. The van der Waals surface area contributed by atoms with E-state index in [0.29, 0.717) is 19.7 Å². The molecule has 7 heteroatoms. The molecule has 2 amide bonds. The van der Waals surface area contributed by atoms with Crippen LogP contribution in [-0.2, 0) is 11.8 Å². The molecule has 3 heterocycles. The second-order valence-electron chi connectivity index (χ2n) is 7.03. The number of nitrogens with zero attached hydrogens (tertiary/aromatic N) is 3. The van der Waals surface area contributed by atoms with E-state index in [1.54, 1.807) is 15.6 Å². The fraction of sp³-hybridized carbons (Fsp3) is 0.474. The van der Waals surface area contributed by atoms with Gasteiger partial charge in [-0.1, -0.05) is 12.1 Å². The van der Waals surface area contributed by atoms with Crippen LogP contribution in [0.15, 0.2) is 36.7 Å². The summed E-state index contributed by atoms with van der Waals surface area (Å²) in [5, 5.41) is 7.24. The van der Waals surface area contributed by atoms with Crippen LogP contribution in [0.2, 0.25) is 0 Å². The van der Waals surface area contributed by atoms with Gasteiger partial charge in [-0.05, 0) is 30.5 Å². The van der Waals surface area contributed by atoms with Crippen molar-refractivity contribution in [2.24, 2.45) is 13.0 Å². The van der Waals surface area contributed by atoms with E-state index in [-0.39, 0.29) is 29.9 Å². The number of amides is 2. The molecule has 138 valence electrons. The second-order valence-corrected chi connectivity index (χ2v) is 7.03. The molecule has 26 heavy (non-hydrogen) atoms. The predicted molar refractivity (Wildman–Crippen MR) is 93.9 cm³/mol. The Morgan fingerprint density at radius 2 is 2.27 bits per heavy atom. The van der Waals surface area contributed by atoms with Gasteiger partial charge < -0.3 is 15.0 Å². The summed E-state index contributed by atoms with van der Waals surface area (Å²) < 4.78 is 21.0. The molecule has 1 N–H and O–H groups in total. The van der Waals surface area contributed by atoms with Gasteiger partial charge in [0.1, 0.15) is 5.82 Å². The quantitative estimate of drug-likeness (QED) is 0.914. The Morgan fingerprint density at radius 1 is 1.38 bits per heavy atom. The minimum atomic E-state index is -0.267. The van der Waals surface area contributed by atoms with Crippen LogP contribution in [-0.4, -0.2) is 40.4 Å². The standard InChI is InChI=1S/C19H23FN4O2/c1-23-12-15(11-22-23)18-14(6-8-26-18)10-21-19(25)24-7-5-17(24)13-3-2-4-16(20)9-13/h2-4,9,11-12,14,17-18H,5-8,10H2,1H3,(H,21,25)/t14-,17?,18+/m0/s1. The molecule has 4 rings (SSSR count). The number of benzene rings is 1. The first kappa shape index (κ1) is 17.0. The summed E-state index contributed by atoms with van der Waals surface area (Å²) in [7, 11) is 1.88. The van der Waals surface area contributed by atoms with Gasteiger partial charge in [-0.25, -0.2) is 9.18 Å². The Kier molecular flexibility index (Phi) is 4.63. The van der Waals surface area contributed by atoms with E-state index in [1.165, 1.54) is 12.1 Å². The molecule has 2 aliphatic heterocycles. The van der Waals surface area contributed by atoms with Crippen molar-refractivity contribution in [3.8, 4) is 0 Å². The Bertz CT molecular complexity index is 793. The van der Waals surface area contributed by atoms with E-state index in [0.717, 1.165) is 24.0 Å². The number of hydrogen-bond acceptors (Lipinski definition) is 3. The lowest BCUT2D eigenvalue weighted by atomic mass is 9.95. The zero-order valence-electron chi connectivity index (χ0n) is 14.8.